The van der Waals surface area contributed by atoms with Crippen LogP contribution in [0.15, 0.2) is 54.6 Å². The zero-order chi connectivity index (χ0) is 24.7. The van der Waals surface area contributed by atoms with Crippen LogP contribution in [0.3, 0.4) is 0 Å². The summed E-state index contributed by atoms with van der Waals surface area (Å²) >= 11 is 0. The van der Waals surface area contributed by atoms with Gasteiger partial charge in [0, 0.05) is 11.1 Å². The Bertz CT molecular complexity index is 1100. The van der Waals surface area contributed by atoms with Crippen molar-refractivity contribution in [1.29, 1.82) is 0 Å². The van der Waals surface area contributed by atoms with Crippen LogP contribution in [0.4, 0.5) is 0 Å². The molecule has 0 N–H and O–H groups in total. The molecule has 0 heterocycles. The second-order valence-electron chi connectivity index (χ2n) is 6.76. The number of ether oxygens (including phenoxy) is 4. The van der Waals surface area contributed by atoms with Gasteiger partial charge in [-0.3, -0.25) is 9.59 Å². The number of hydrogen-bond acceptors (Lipinski definition) is 9. The lowest BCUT2D eigenvalue weighted by Gasteiger charge is -2.24. The fraction of sp³-hybridized carbons (Fsp3) is 0.167. The molecule has 0 saturated heterocycles. The summed E-state index contributed by atoms with van der Waals surface area (Å²) in [4.78, 5) is 22.6. The molecule has 0 atom stereocenters. The molecule has 3 aromatic carbocycles. The molecule has 3 rings (SSSR count). The zero-order valence-electron chi connectivity index (χ0n) is 19.0. The highest BCUT2D eigenvalue weighted by atomic mass is 31.2. The van der Waals surface area contributed by atoms with E-state index in [2.05, 4.69) is 0 Å². The Hall–Kier alpha value is -3.97. The Kier molecular flexibility index (Phi) is 7.81. The third-order valence-corrected chi connectivity index (χ3v) is 6.51. The summed E-state index contributed by atoms with van der Waals surface area (Å²) in [5, 5.41) is 0.210. The number of hydrogen-bond donors (Lipinski definition) is 0. The topological polar surface area (TPSA) is 107 Å². The van der Waals surface area contributed by atoms with E-state index in [9.17, 15) is 14.2 Å². The van der Waals surface area contributed by atoms with E-state index in [0.717, 1.165) is 0 Å². The lowest BCUT2D eigenvalue weighted by molar-refractivity contribution is 0.111. The van der Waals surface area contributed by atoms with Crippen molar-refractivity contribution in [2.45, 2.75) is 0 Å². The first-order valence-electron chi connectivity index (χ1n) is 9.90. The smallest absolute Gasteiger partial charge is 0.463 e. The highest BCUT2D eigenvalue weighted by Gasteiger charge is 2.36. The van der Waals surface area contributed by atoms with E-state index in [1.165, 1.54) is 52.7 Å². The lowest BCUT2D eigenvalue weighted by atomic mass is 10.2. The van der Waals surface area contributed by atoms with Crippen molar-refractivity contribution in [3.05, 3.63) is 65.7 Å². The minimum Gasteiger partial charge on any atom is -0.493 e. The number of rotatable bonds is 11. The maximum absolute atomic E-state index is 14.3. The van der Waals surface area contributed by atoms with Crippen LogP contribution in [-0.2, 0) is 4.57 Å². The van der Waals surface area contributed by atoms with E-state index in [-0.39, 0.29) is 50.9 Å². The summed E-state index contributed by atoms with van der Waals surface area (Å²) in [6, 6.07) is 13.9. The van der Waals surface area contributed by atoms with Gasteiger partial charge in [0.25, 0.3) is 0 Å². The summed E-state index contributed by atoms with van der Waals surface area (Å²) in [5.74, 6) is 0.358. The normalized spacial score (nSPS) is 10.7. The summed E-state index contributed by atoms with van der Waals surface area (Å²) in [5.41, 5.74) is 0.536. The van der Waals surface area contributed by atoms with Gasteiger partial charge in [0.1, 0.15) is 12.6 Å². The van der Waals surface area contributed by atoms with E-state index in [1.54, 1.807) is 30.3 Å². The Labute approximate surface area is 196 Å². The largest absolute Gasteiger partial charge is 0.493 e. The van der Waals surface area contributed by atoms with Gasteiger partial charge in [-0.15, -0.1) is 0 Å². The third kappa shape index (κ3) is 5.00. The Morgan fingerprint density at radius 3 is 1.26 bits per heavy atom. The SMILES string of the molecule is COc1cc(C=O)cc(OC)c1OP(=O)(Oc1c(OC)cc(C=O)cc1OC)c1ccccc1. The fourth-order valence-corrected chi connectivity index (χ4v) is 4.72. The monoisotopic (exact) mass is 486 g/mol. The van der Waals surface area contributed by atoms with E-state index in [4.69, 9.17) is 28.0 Å². The van der Waals surface area contributed by atoms with Gasteiger partial charge in [-0.2, -0.15) is 0 Å². The summed E-state index contributed by atoms with van der Waals surface area (Å²) < 4.78 is 47.7. The molecule has 0 unspecified atom stereocenters. The van der Waals surface area contributed by atoms with Gasteiger partial charge in [-0.25, -0.2) is 4.57 Å². The first-order chi connectivity index (χ1) is 16.4. The Morgan fingerprint density at radius 2 is 0.971 bits per heavy atom. The van der Waals surface area contributed by atoms with Gasteiger partial charge in [-0.05, 0) is 36.4 Å². The van der Waals surface area contributed by atoms with Crippen LogP contribution in [-0.4, -0.2) is 41.0 Å². The maximum Gasteiger partial charge on any atom is 0.463 e. The lowest BCUT2D eigenvalue weighted by Crippen LogP contribution is -2.16. The van der Waals surface area contributed by atoms with Crippen LogP contribution in [0.5, 0.6) is 34.5 Å². The van der Waals surface area contributed by atoms with Crippen LogP contribution < -0.4 is 33.3 Å². The summed E-state index contributed by atoms with van der Waals surface area (Å²) in [6.07, 6.45) is 1.23. The molecule has 0 aliphatic rings. The number of methoxy groups -OCH3 is 4. The minimum absolute atomic E-state index is 0.0368. The van der Waals surface area contributed by atoms with E-state index >= 15 is 0 Å². The molecular formula is C24H23O9P. The van der Waals surface area contributed by atoms with Crippen LogP contribution in [0.25, 0.3) is 0 Å². The van der Waals surface area contributed by atoms with E-state index in [0.29, 0.717) is 12.6 Å². The van der Waals surface area contributed by atoms with Gasteiger partial charge in [0.05, 0.1) is 33.7 Å². The van der Waals surface area contributed by atoms with E-state index in [1.807, 2.05) is 0 Å². The Morgan fingerprint density at radius 1 is 0.618 bits per heavy atom. The van der Waals surface area contributed by atoms with Gasteiger partial charge < -0.3 is 28.0 Å². The zero-order valence-corrected chi connectivity index (χ0v) is 19.9. The van der Waals surface area contributed by atoms with Gasteiger partial charge in [-0.1, -0.05) is 18.2 Å². The van der Waals surface area contributed by atoms with Crippen molar-refractivity contribution in [3.63, 3.8) is 0 Å². The second-order valence-corrected chi connectivity index (χ2v) is 8.64. The van der Waals surface area contributed by atoms with Crippen molar-refractivity contribution in [3.8, 4) is 34.5 Å². The molecule has 0 aliphatic heterocycles. The maximum atomic E-state index is 14.3. The van der Waals surface area contributed by atoms with Gasteiger partial charge >= 0.3 is 7.60 Å². The fourth-order valence-electron chi connectivity index (χ4n) is 3.09. The van der Waals surface area contributed by atoms with Crippen LogP contribution >= 0.6 is 7.60 Å². The average Bonchev–Trinajstić information content (AvgIpc) is 2.89. The molecule has 0 amide bonds. The molecular weight excluding hydrogens is 463 g/mol. The second kappa shape index (κ2) is 10.8. The van der Waals surface area contributed by atoms with Crippen molar-refractivity contribution < 1.29 is 42.1 Å². The molecule has 0 radical (unpaired) electrons. The van der Waals surface area contributed by atoms with Crippen LogP contribution in [0.2, 0.25) is 0 Å². The molecule has 0 aromatic heterocycles. The average molecular weight is 486 g/mol. The highest BCUT2D eigenvalue weighted by molar-refractivity contribution is 7.63. The molecule has 0 aliphatic carbocycles. The molecule has 0 fully saturated rings. The van der Waals surface area contributed by atoms with Crippen molar-refractivity contribution in [2.75, 3.05) is 28.4 Å². The molecule has 34 heavy (non-hydrogen) atoms. The quantitative estimate of drug-likeness (QED) is 0.289. The first kappa shape index (κ1) is 24.7. The molecule has 178 valence electrons. The molecule has 3 aromatic rings. The van der Waals surface area contributed by atoms with Gasteiger partial charge in [0.15, 0.2) is 23.0 Å². The summed E-state index contributed by atoms with van der Waals surface area (Å²) in [6.45, 7) is 0. The molecule has 0 saturated carbocycles. The highest BCUT2D eigenvalue weighted by Crippen LogP contribution is 2.56. The molecule has 9 nitrogen and oxygen atoms in total. The standard InChI is InChI=1S/C24H23O9P/c1-28-19-10-16(14-25)11-20(29-2)23(19)32-34(27,18-8-6-5-7-9-18)33-24-21(30-3)12-17(15-26)13-22(24)31-4/h5-15H,1-4H3. The van der Waals surface area contributed by atoms with E-state index < -0.39 is 7.60 Å². The Balaban J connectivity index is 2.21. The van der Waals surface area contributed by atoms with Crippen molar-refractivity contribution >= 4 is 25.5 Å². The first-order valence-corrected chi connectivity index (χ1v) is 11.4. The number of benzene rings is 3. The number of carbonyl (C=O) groups is 2. The van der Waals surface area contributed by atoms with Gasteiger partial charge in [0.2, 0.25) is 11.5 Å². The number of carbonyl (C=O) groups excluding carboxylic acids is 2. The van der Waals surface area contributed by atoms with Crippen LogP contribution in [0.1, 0.15) is 20.7 Å². The molecule has 10 heteroatoms. The van der Waals surface area contributed by atoms with Crippen LogP contribution in [0, 0.1) is 0 Å². The predicted molar refractivity (Wildman–Crippen MR) is 125 cm³/mol. The minimum atomic E-state index is -4.22. The summed E-state index contributed by atoms with van der Waals surface area (Å²) in [7, 11) is 1.26. The molecule has 0 bridgehead atoms. The van der Waals surface area contributed by atoms with Crippen molar-refractivity contribution in [1.82, 2.24) is 0 Å². The molecule has 0 spiro atoms. The van der Waals surface area contributed by atoms with Crippen molar-refractivity contribution in [2.24, 2.45) is 0 Å². The predicted octanol–water partition coefficient (Wildman–Crippen LogP) is 4.32. The third-order valence-electron chi connectivity index (χ3n) is 4.73. The number of aldehydes is 2.